The molecule has 2 aliphatic rings. The number of aliphatic hydroxyl groups excluding tert-OH is 2. The average molecular weight is 1340 g/mol. The van der Waals surface area contributed by atoms with Gasteiger partial charge in [0, 0.05) is 105 Å². The van der Waals surface area contributed by atoms with E-state index < -0.39 is 179 Å². The maximum atomic E-state index is 15.3. The Kier molecular flexibility index (Phi) is 34.4. The molecule has 2 aliphatic heterocycles. The third-order valence-corrected chi connectivity index (χ3v) is 19.5. The minimum absolute atomic E-state index is 0.0318. The van der Waals surface area contributed by atoms with Crippen molar-refractivity contribution in [3.8, 4) is 0 Å². The molecule has 0 aliphatic carbocycles. The summed E-state index contributed by atoms with van der Waals surface area (Å²) in [5, 5.41) is 25.1. The van der Waals surface area contributed by atoms with Crippen LogP contribution in [-0.4, -0.2) is 250 Å². The molecule has 0 bridgehead atoms. The highest BCUT2D eigenvalue weighted by molar-refractivity contribution is 6.00. The zero-order valence-corrected chi connectivity index (χ0v) is 62.2. The number of ether oxygens (including phenoxy) is 1. The number of nitrogens with one attached hydrogen (secondary N) is 1. The molecule has 9 amide bonds. The molecular weight excluding hydrogens is 1220 g/mol. The van der Waals surface area contributed by atoms with Gasteiger partial charge in [-0.15, -0.1) is 0 Å². The van der Waals surface area contributed by atoms with E-state index >= 15 is 24.0 Å². The number of allylic oxidation sites excluding steroid dienone is 2. The molecular formula is C71H123N9O15. The number of hydrogen-bond acceptors (Lipinski definition) is 15. The zero-order chi connectivity index (χ0) is 73.1. The summed E-state index contributed by atoms with van der Waals surface area (Å²) >= 11 is 0. The van der Waals surface area contributed by atoms with E-state index in [-0.39, 0.29) is 82.4 Å². The predicted molar refractivity (Wildman–Crippen MR) is 364 cm³/mol. The van der Waals surface area contributed by atoms with Crippen LogP contribution in [0.2, 0.25) is 0 Å². The van der Waals surface area contributed by atoms with Gasteiger partial charge in [0.1, 0.15) is 42.0 Å². The smallest absolute Gasteiger partial charge is 0.409 e. The van der Waals surface area contributed by atoms with Crippen LogP contribution in [0.1, 0.15) is 182 Å². The number of carbonyl (C=O) groups is 12. The van der Waals surface area contributed by atoms with E-state index in [9.17, 15) is 43.8 Å². The Bertz CT molecular complexity index is 2660. The molecule has 0 aromatic rings. The van der Waals surface area contributed by atoms with Crippen molar-refractivity contribution in [3.05, 3.63) is 12.2 Å². The number of amides is 9. The van der Waals surface area contributed by atoms with Crippen molar-refractivity contribution in [3.63, 3.8) is 0 Å². The van der Waals surface area contributed by atoms with Gasteiger partial charge in [0.25, 0.3) is 0 Å². The Hall–Kier alpha value is -6.30. The van der Waals surface area contributed by atoms with Gasteiger partial charge < -0.3 is 59.5 Å². The van der Waals surface area contributed by atoms with Crippen LogP contribution in [0.4, 0.5) is 4.79 Å². The maximum absolute atomic E-state index is 15.3. The fraction of sp³-hybridized carbons (Fsp3) is 0.803. The average Bonchev–Trinajstić information content (AvgIpc) is 0.822. The molecule has 14 atom stereocenters. The third-order valence-electron chi connectivity index (χ3n) is 19.5. The molecule has 2 fully saturated rings. The summed E-state index contributed by atoms with van der Waals surface area (Å²) in [5.74, 6) is -12.8. The van der Waals surface area contributed by atoms with E-state index in [1.165, 1.54) is 80.8 Å². The molecule has 0 aromatic carbocycles. The molecule has 0 aromatic heterocycles. The minimum atomic E-state index is -1.66. The Morgan fingerprint density at radius 3 is 1.48 bits per heavy atom. The van der Waals surface area contributed by atoms with Gasteiger partial charge in [0.05, 0.1) is 30.9 Å². The summed E-state index contributed by atoms with van der Waals surface area (Å²) in [5.41, 5.74) is 0. The SMILES string of the molecule is C/C=C/C[C@@H](C)[C@@H](O)[C@H]1C(=O)N[C@@H](CC)C(=O)N(C)[C@H](C)C(=O)N(C)[C@@H]([C@H](C)COC(=O)N2CCC(O)CC2)C(=O)C[C@@H](C(C)C)C(=O)N(C)[C@@H](CC(C)C)C(=O)C[C@@H](C)C(=O)C[C@H](C)C(=O)N(C)[C@@H](CC(C)C)C(=O)N(C)[C@@H](CC(C)C)C(=O)N(C)[C@@H](C(C)C)C(=O)N1C. The minimum Gasteiger partial charge on any atom is -0.449 e. The number of likely N-dealkylation sites (tertiary alicyclic amines) is 1. The monoisotopic (exact) mass is 1340 g/mol. The summed E-state index contributed by atoms with van der Waals surface area (Å²) in [4.78, 5) is 187. The second-order valence-corrected chi connectivity index (χ2v) is 29.5. The predicted octanol–water partition coefficient (Wildman–Crippen LogP) is 6.11. The van der Waals surface area contributed by atoms with E-state index in [0.717, 1.165) is 14.7 Å². The normalized spacial score (nSPS) is 27.8. The van der Waals surface area contributed by atoms with Crippen LogP contribution in [0.5, 0.6) is 0 Å². The Morgan fingerprint density at radius 2 is 1.00 bits per heavy atom. The molecule has 0 spiro atoms. The van der Waals surface area contributed by atoms with Crippen LogP contribution < -0.4 is 5.32 Å². The summed E-state index contributed by atoms with van der Waals surface area (Å²) in [6.07, 6.45) is 1.22. The first-order valence-corrected chi connectivity index (χ1v) is 34.7. The van der Waals surface area contributed by atoms with E-state index in [4.69, 9.17) is 4.74 Å². The van der Waals surface area contributed by atoms with Gasteiger partial charge in [-0.25, -0.2) is 4.79 Å². The lowest BCUT2D eigenvalue weighted by molar-refractivity contribution is -0.157. The van der Waals surface area contributed by atoms with Crippen LogP contribution in [0.25, 0.3) is 0 Å². The fourth-order valence-corrected chi connectivity index (χ4v) is 13.0. The van der Waals surface area contributed by atoms with Crippen LogP contribution >= 0.6 is 0 Å². The lowest BCUT2D eigenvalue weighted by Gasteiger charge is -2.41. The van der Waals surface area contributed by atoms with Gasteiger partial charge in [0.2, 0.25) is 47.3 Å². The van der Waals surface area contributed by atoms with Crippen molar-refractivity contribution >= 4 is 70.7 Å². The molecule has 542 valence electrons. The van der Waals surface area contributed by atoms with Crippen molar-refractivity contribution < 1.29 is 72.5 Å². The number of piperidine rings is 1. The quantitative estimate of drug-likeness (QED) is 0.147. The van der Waals surface area contributed by atoms with Gasteiger partial charge in [-0.05, 0) is 94.3 Å². The van der Waals surface area contributed by atoms with Crippen LogP contribution in [0.15, 0.2) is 12.2 Å². The Labute approximate surface area is 568 Å². The summed E-state index contributed by atoms with van der Waals surface area (Å²) in [6.45, 7) is 29.7. The largest absolute Gasteiger partial charge is 0.449 e. The highest BCUT2D eigenvalue weighted by atomic mass is 16.6. The number of hydrogen-bond donors (Lipinski definition) is 3. The molecule has 95 heavy (non-hydrogen) atoms. The first-order valence-electron chi connectivity index (χ1n) is 34.7. The van der Waals surface area contributed by atoms with Gasteiger partial charge >= 0.3 is 6.09 Å². The first-order chi connectivity index (χ1) is 44.0. The van der Waals surface area contributed by atoms with Crippen LogP contribution in [0, 0.1) is 59.2 Å². The summed E-state index contributed by atoms with van der Waals surface area (Å²) < 4.78 is 5.77. The number of rotatable bonds is 16. The third kappa shape index (κ3) is 23.2. The van der Waals surface area contributed by atoms with Crippen molar-refractivity contribution in [1.29, 1.82) is 0 Å². The van der Waals surface area contributed by atoms with E-state index in [0.29, 0.717) is 12.8 Å². The first kappa shape index (κ1) is 84.8. The summed E-state index contributed by atoms with van der Waals surface area (Å²) in [6, 6.07) is -10.3. The van der Waals surface area contributed by atoms with Gasteiger partial charge in [-0.3, -0.25) is 52.7 Å². The molecule has 3 N–H and O–H groups in total. The molecule has 24 heteroatoms. The molecule has 2 saturated heterocycles. The van der Waals surface area contributed by atoms with Crippen molar-refractivity contribution in [1.82, 2.24) is 44.5 Å². The Morgan fingerprint density at radius 1 is 0.537 bits per heavy atom. The number of nitrogens with zero attached hydrogens (tertiary/aromatic N) is 8. The number of Topliss-reactive ketones (excluding diaryl/α,β-unsaturated/α-hetero) is 3. The number of aliphatic hydroxyl groups is 2. The van der Waals surface area contributed by atoms with Gasteiger partial charge in [-0.2, -0.15) is 0 Å². The van der Waals surface area contributed by atoms with E-state index in [1.807, 2.05) is 41.5 Å². The van der Waals surface area contributed by atoms with Gasteiger partial charge in [0.15, 0.2) is 11.6 Å². The topological polar surface area (TPSA) is 292 Å². The standard InChI is InChI=1S/C71H123N9O15/c1-25-27-28-45(13)62(85)61-63(86)72-52(26-2)67(90)73(18)49(17)65(88)78(23)60(48(16)39-95-71(94)80-31-29-50(81)30-32-80)58(84)38-51(43(9)10)66(89)74(19)53(33-40(3)4)57(83)36-46(14)56(82)37-47(15)64(87)75(20)54(34-41(5)6)68(91)76(21)55(35-42(7)8)69(92)77(22)59(44(11)12)70(93)79(61)24/h25,27,40-55,59-62,81,85H,26,28-39H2,1-24H3,(H,72,86)/b27-25+/t45-,46-,47+,48-,49-,51+,52+,53+,54+,55+,59+,60+,61+,62-/m1/s1. The van der Waals surface area contributed by atoms with Crippen molar-refractivity contribution in [2.24, 2.45) is 59.2 Å². The highest BCUT2D eigenvalue weighted by Crippen LogP contribution is 2.30. The van der Waals surface area contributed by atoms with E-state index in [1.54, 1.807) is 81.4 Å². The summed E-state index contributed by atoms with van der Waals surface area (Å²) in [7, 11) is 9.96. The molecule has 2 heterocycles. The van der Waals surface area contributed by atoms with Crippen molar-refractivity contribution in [2.75, 3.05) is 69.0 Å². The van der Waals surface area contributed by atoms with Gasteiger partial charge in [-0.1, -0.05) is 116 Å². The van der Waals surface area contributed by atoms with Crippen molar-refractivity contribution in [2.45, 2.75) is 242 Å². The molecule has 0 saturated carbocycles. The molecule has 0 unspecified atom stereocenters. The lowest BCUT2D eigenvalue weighted by Crippen LogP contribution is -2.63. The number of likely N-dealkylation sites (N-methyl/N-ethyl adjacent to an activating group) is 7. The molecule has 24 nitrogen and oxygen atoms in total. The second-order valence-electron chi connectivity index (χ2n) is 29.5. The van der Waals surface area contributed by atoms with Crippen LogP contribution in [0.3, 0.4) is 0 Å². The second kappa shape index (κ2) is 38.6. The number of carbonyl (C=O) groups excluding carboxylic acids is 12. The fourth-order valence-electron chi connectivity index (χ4n) is 13.0. The molecule has 0 radical (unpaired) electrons. The van der Waals surface area contributed by atoms with E-state index in [2.05, 4.69) is 5.32 Å². The van der Waals surface area contributed by atoms with Crippen LogP contribution in [-0.2, 0) is 57.5 Å². The maximum Gasteiger partial charge on any atom is 0.409 e. The Balaban J connectivity index is 3.05. The number of ketones is 3. The molecule has 2 rings (SSSR count). The highest BCUT2D eigenvalue weighted by Gasteiger charge is 2.47. The lowest BCUT2D eigenvalue weighted by atomic mass is 9.83. The zero-order valence-electron chi connectivity index (χ0n) is 62.2.